The van der Waals surface area contributed by atoms with Gasteiger partial charge in [0.25, 0.3) is 0 Å². The predicted molar refractivity (Wildman–Crippen MR) is 142 cm³/mol. The molecule has 0 spiro atoms. The Balaban J connectivity index is 1.57. The molecule has 0 bridgehead atoms. The fourth-order valence-electron chi connectivity index (χ4n) is 3.37. The summed E-state index contributed by atoms with van der Waals surface area (Å²) in [5.74, 6) is 0.375. The molecule has 0 aliphatic carbocycles. The summed E-state index contributed by atoms with van der Waals surface area (Å²) in [6, 6.07) is 13.3. The first kappa shape index (κ1) is 28.7. The van der Waals surface area contributed by atoms with Crippen molar-refractivity contribution in [2.45, 2.75) is 30.8 Å². The lowest BCUT2D eigenvalue weighted by atomic mass is 10.3. The van der Waals surface area contributed by atoms with E-state index in [0.29, 0.717) is 25.4 Å². The van der Waals surface area contributed by atoms with Crippen molar-refractivity contribution in [1.29, 1.82) is 0 Å². The normalized spacial score (nSPS) is 16.0. The molecule has 1 N–H and O–H groups in total. The van der Waals surface area contributed by atoms with E-state index in [9.17, 15) is 17.6 Å². The van der Waals surface area contributed by atoms with Gasteiger partial charge in [0, 0.05) is 42.8 Å². The van der Waals surface area contributed by atoms with E-state index in [4.69, 9.17) is 4.74 Å². The topological polar surface area (TPSA) is 52.5 Å². The zero-order valence-electron chi connectivity index (χ0n) is 20.7. The first-order chi connectivity index (χ1) is 17.8. The molecule has 0 saturated carbocycles. The van der Waals surface area contributed by atoms with Crippen molar-refractivity contribution in [1.82, 2.24) is 9.21 Å². The Hall–Kier alpha value is -2.89. The lowest BCUT2D eigenvalue weighted by Crippen LogP contribution is -2.43. The molecule has 0 unspecified atom stereocenters. The molecule has 1 fully saturated rings. The lowest BCUT2D eigenvalue weighted by molar-refractivity contribution is -0.0921. The molecule has 0 aromatic heterocycles. The van der Waals surface area contributed by atoms with Crippen LogP contribution in [0, 0.1) is 5.82 Å². The van der Waals surface area contributed by atoms with Crippen LogP contribution in [0.4, 0.5) is 23.2 Å². The van der Waals surface area contributed by atoms with Gasteiger partial charge >= 0.3 is 6.18 Å². The van der Waals surface area contributed by atoms with Gasteiger partial charge in [-0.1, -0.05) is 13.3 Å². The van der Waals surface area contributed by atoms with Crippen LogP contribution in [-0.4, -0.2) is 67.4 Å². The molecule has 2 aromatic carbocycles. The molecule has 11 heteroatoms. The number of hydrogen-bond donors (Lipinski definition) is 1. The van der Waals surface area contributed by atoms with E-state index in [-0.39, 0.29) is 12.5 Å². The van der Waals surface area contributed by atoms with Gasteiger partial charge in [-0.05, 0) is 73.6 Å². The molecule has 0 amide bonds. The minimum absolute atomic E-state index is 0.0376. The van der Waals surface area contributed by atoms with Crippen molar-refractivity contribution in [3.63, 3.8) is 0 Å². The monoisotopic (exact) mass is 537 g/mol. The molecule has 0 atom stereocenters. The largest absolute Gasteiger partial charge is 0.494 e. The first-order valence-corrected chi connectivity index (χ1v) is 12.7. The van der Waals surface area contributed by atoms with Crippen molar-refractivity contribution >= 4 is 30.2 Å². The van der Waals surface area contributed by atoms with Crippen LogP contribution in [0.2, 0.25) is 0 Å². The quantitative estimate of drug-likeness (QED) is 0.121. The number of ether oxygens (including phenoxy) is 1. The summed E-state index contributed by atoms with van der Waals surface area (Å²) in [5.41, 5.74) is -0.756. The molecule has 6 nitrogen and oxygen atoms in total. The average molecular weight is 538 g/mol. The Labute approximate surface area is 219 Å². The molecule has 1 saturated heterocycles. The fraction of sp³-hybridized carbons (Fsp3) is 0.385. The second-order valence-corrected chi connectivity index (χ2v) is 9.48. The van der Waals surface area contributed by atoms with Gasteiger partial charge in [0.1, 0.15) is 23.1 Å². The predicted octanol–water partition coefficient (Wildman–Crippen LogP) is 6.24. The highest BCUT2D eigenvalue weighted by Gasteiger charge is 2.33. The zero-order chi connectivity index (χ0) is 26.7. The minimum atomic E-state index is -4.67. The molecule has 1 aliphatic rings. The SMILES string of the molecule is C=N/C(=C\C(=N/CN1CCN(Sc2ccc(OCCCC)cc2)CC1)Nc1ccc(F)cc1)C(F)(F)F. The maximum absolute atomic E-state index is 13.2. The number of halogens is 4. The molecule has 1 heterocycles. The van der Waals surface area contributed by atoms with Gasteiger partial charge in [-0.15, -0.1) is 0 Å². The van der Waals surface area contributed by atoms with Gasteiger partial charge in [-0.25, -0.2) is 8.70 Å². The molecule has 2 aromatic rings. The number of alkyl halides is 3. The van der Waals surface area contributed by atoms with E-state index in [1.807, 2.05) is 24.3 Å². The summed E-state index contributed by atoms with van der Waals surface area (Å²) in [6.45, 7) is 9.00. The Morgan fingerprint density at radius 2 is 1.76 bits per heavy atom. The summed E-state index contributed by atoms with van der Waals surface area (Å²) < 4.78 is 60.8. The fourth-order valence-corrected chi connectivity index (χ4v) is 4.27. The van der Waals surface area contributed by atoms with Crippen molar-refractivity contribution in [3.05, 3.63) is 66.1 Å². The third-order valence-electron chi connectivity index (χ3n) is 5.45. The Morgan fingerprint density at radius 1 is 1.08 bits per heavy atom. The summed E-state index contributed by atoms with van der Waals surface area (Å²) in [5, 5.41) is 2.81. The van der Waals surface area contributed by atoms with Crippen molar-refractivity contribution < 1.29 is 22.3 Å². The second-order valence-electron chi connectivity index (χ2n) is 8.31. The van der Waals surface area contributed by atoms with Crippen LogP contribution in [0.25, 0.3) is 0 Å². The van der Waals surface area contributed by atoms with Gasteiger partial charge in [0.05, 0.1) is 13.3 Å². The van der Waals surface area contributed by atoms with E-state index in [1.54, 1.807) is 11.9 Å². The third-order valence-corrected chi connectivity index (χ3v) is 6.55. The summed E-state index contributed by atoms with van der Waals surface area (Å²) >= 11 is 1.66. The van der Waals surface area contributed by atoms with Gasteiger partial charge < -0.3 is 10.1 Å². The van der Waals surface area contributed by atoms with E-state index in [1.165, 1.54) is 24.3 Å². The van der Waals surface area contributed by atoms with Crippen molar-refractivity contribution in [2.24, 2.45) is 9.98 Å². The van der Waals surface area contributed by atoms with Gasteiger partial charge in [-0.3, -0.25) is 14.9 Å². The summed E-state index contributed by atoms with van der Waals surface area (Å²) in [7, 11) is 0. The van der Waals surface area contributed by atoms with Crippen LogP contribution in [0.15, 0.2) is 75.2 Å². The number of nitrogens with one attached hydrogen (secondary N) is 1. The standard InChI is InChI=1S/C26H31F4N5OS/c1-3-4-17-36-22-9-11-23(12-10-22)37-35-15-13-34(14-16-35)19-32-25(18-24(31-2)26(28,29)30)33-21-7-5-20(27)6-8-21/h5-12,18H,2-4,13-17,19H2,1H3,(H,32,33)/b24-18-. The van der Waals surface area contributed by atoms with Crippen LogP contribution in [-0.2, 0) is 0 Å². The van der Waals surface area contributed by atoms with E-state index >= 15 is 0 Å². The van der Waals surface area contributed by atoms with Crippen molar-refractivity contribution in [2.75, 3.05) is 44.8 Å². The molecular weight excluding hydrogens is 506 g/mol. The molecule has 0 radical (unpaired) electrons. The Bertz CT molecular complexity index is 1050. The molecule has 200 valence electrons. The number of benzene rings is 2. The highest BCUT2D eigenvalue weighted by atomic mass is 32.2. The van der Waals surface area contributed by atoms with Gasteiger partial charge in [-0.2, -0.15) is 13.2 Å². The number of hydrogen-bond acceptors (Lipinski definition) is 6. The first-order valence-electron chi connectivity index (χ1n) is 12.0. The lowest BCUT2D eigenvalue weighted by Gasteiger charge is -2.32. The number of piperazine rings is 1. The maximum Gasteiger partial charge on any atom is 0.433 e. The van der Waals surface area contributed by atoms with E-state index < -0.39 is 17.7 Å². The number of unbranched alkanes of at least 4 members (excludes halogenated alkanes) is 1. The zero-order valence-corrected chi connectivity index (χ0v) is 21.5. The van der Waals surface area contributed by atoms with Crippen LogP contribution in [0.5, 0.6) is 5.75 Å². The van der Waals surface area contributed by atoms with Gasteiger partial charge in [0.2, 0.25) is 0 Å². The minimum Gasteiger partial charge on any atom is -0.494 e. The number of anilines is 1. The summed E-state index contributed by atoms with van der Waals surface area (Å²) in [4.78, 5) is 10.6. The van der Waals surface area contributed by atoms with E-state index in [2.05, 4.69) is 38.1 Å². The smallest absolute Gasteiger partial charge is 0.433 e. The van der Waals surface area contributed by atoms with E-state index in [0.717, 1.165) is 42.7 Å². The second kappa shape index (κ2) is 14.2. The van der Waals surface area contributed by atoms with Crippen LogP contribution in [0.3, 0.4) is 0 Å². The van der Waals surface area contributed by atoms with Crippen LogP contribution >= 0.6 is 11.9 Å². The summed E-state index contributed by atoms with van der Waals surface area (Å²) in [6.07, 6.45) is -1.75. The van der Waals surface area contributed by atoms with Gasteiger partial charge in [0.15, 0.2) is 0 Å². The number of allylic oxidation sites excluding steroid dienone is 1. The maximum atomic E-state index is 13.2. The highest BCUT2D eigenvalue weighted by Crippen LogP contribution is 2.27. The number of nitrogens with zero attached hydrogens (tertiary/aromatic N) is 4. The highest BCUT2D eigenvalue weighted by molar-refractivity contribution is 7.97. The number of rotatable bonds is 11. The Morgan fingerprint density at radius 3 is 2.35 bits per heavy atom. The third kappa shape index (κ3) is 9.83. The molecular formula is C26H31F4N5OS. The van der Waals surface area contributed by atoms with Crippen LogP contribution in [0.1, 0.15) is 19.8 Å². The average Bonchev–Trinajstić information content (AvgIpc) is 2.88. The number of amidine groups is 1. The number of aliphatic imine (C=N–C) groups is 2. The Kier molecular flexibility index (Phi) is 11.0. The molecule has 1 aliphatic heterocycles. The van der Waals surface area contributed by atoms with Crippen molar-refractivity contribution in [3.8, 4) is 5.75 Å². The molecule has 3 rings (SSSR count). The van der Waals surface area contributed by atoms with Crippen LogP contribution < -0.4 is 10.1 Å². The molecule has 37 heavy (non-hydrogen) atoms.